The topological polar surface area (TPSA) is 49.4 Å². The van der Waals surface area contributed by atoms with Crippen LogP contribution in [0.2, 0.25) is 0 Å². The number of amides is 1. The predicted molar refractivity (Wildman–Crippen MR) is 128 cm³/mol. The van der Waals surface area contributed by atoms with Gasteiger partial charge in [0, 0.05) is 30.3 Å². The molecule has 0 aliphatic carbocycles. The standard InChI is InChI=1S/C28H30N2O2/c1-20-15-21(2)17-24(16-20)28(32)30-14-13-25(29-19-22-9-5-3-6-10-22)18-26(30)27(31)23-11-7-4-8-12-23/h3-12,15-17,25-26,29H,13-14,18-19H2,1-2H3/t25-,26-/m0/s1. The summed E-state index contributed by atoms with van der Waals surface area (Å²) in [5, 5.41) is 3.60. The lowest BCUT2D eigenvalue weighted by Gasteiger charge is -2.39. The van der Waals surface area contributed by atoms with Crippen LogP contribution in [0.5, 0.6) is 0 Å². The lowest BCUT2D eigenvalue weighted by atomic mass is 9.90. The number of rotatable bonds is 6. The monoisotopic (exact) mass is 426 g/mol. The van der Waals surface area contributed by atoms with Gasteiger partial charge < -0.3 is 10.2 Å². The third kappa shape index (κ3) is 5.14. The zero-order valence-corrected chi connectivity index (χ0v) is 18.8. The number of piperidine rings is 1. The first-order chi connectivity index (χ1) is 15.5. The quantitative estimate of drug-likeness (QED) is 0.568. The number of nitrogens with zero attached hydrogens (tertiary/aromatic N) is 1. The van der Waals surface area contributed by atoms with Crippen molar-refractivity contribution in [2.24, 2.45) is 0 Å². The summed E-state index contributed by atoms with van der Waals surface area (Å²) in [7, 11) is 0. The molecule has 0 spiro atoms. The highest BCUT2D eigenvalue weighted by Crippen LogP contribution is 2.25. The van der Waals surface area contributed by atoms with Gasteiger partial charge in [0.25, 0.3) is 5.91 Å². The Hall–Kier alpha value is -3.24. The molecule has 32 heavy (non-hydrogen) atoms. The average molecular weight is 427 g/mol. The molecule has 4 heteroatoms. The van der Waals surface area contributed by atoms with Gasteiger partial charge in [-0.3, -0.25) is 9.59 Å². The molecule has 2 atom stereocenters. The number of aryl methyl sites for hydroxylation is 2. The highest BCUT2D eigenvalue weighted by Gasteiger charge is 2.36. The zero-order valence-electron chi connectivity index (χ0n) is 18.8. The van der Waals surface area contributed by atoms with Gasteiger partial charge >= 0.3 is 0 Å². The smallest absolute Gasteiger partial charge is 0.254 e. The van der Waals surface area contributed by atoms with Crippen LogP contribution in [0, 0.1) is 13.8 Å². The second kappa shape index (κ2) is 9.92. The van der Waals surface area contributed by atoms with Gasteiger partial charge in [0.15, 0.2) is 5.78 Å². The molecule has 1 amide bonds. The first kappa shape index (κ1) is 22.0. The van der Waals surface area contributed by atoms with E-state index in [1.165, 1.54) is 5.56 Å². The number of carbonyl (C=O) groups is 2. The van der Waals surface area contributed by atoms with Crippen LogP contribution in [0.15, 0.2) is 78.9 Å². The minimum absolute atomic E-state index is 0.00883. The van der Waals surface area contributed by atoms with Crippen molar-refractivity contribution in [2.45, 2.75) is 45.3 Å². The number of hydrogen-bond acceptors (Lipinski definition) is 3. The number of hydrogen-bond donors (Lipinski definition) is 1. The number of likely N-dealkylation sites (tertiary alicyclic amines) is 1. The van der Waals surface area contributed by atoms with Gasteiger partial charge in [0.2, 0.25) is 0 Å². The maximum atomic E-state index is 13.5. The Bertz CT molecular complexity index is 1060. The predicted octanol–water partition coefficient (Wildman–Crippen LogP) is 4.95. The van der Waals surface area contributed by atoms with E-state index in [1.807, 2.05) is 74.5 Å². The molecule has 0 aromatic heterocycles. The summed E-state index contributed by atoms with van der Waals surface area (Å²) in [5.74, 6) is -0.0536. The summed E-state index contributed by atoms with van der Waals surface area (Å²) in [6.45, 7) is 5.30. The summed E-state index contributed by atoms with van der Waals surface area (Å²) in [6, 6.07) is 25.2. The Morgan fingerprint density at radius 3 is 2.16 bits per heavy atom. The molecule has 3 aromatic rings. The van der Waals surface area contributed by atoms with Crippen molar-refractivity contribution in [3.05, 3.63) is 107 Å². The fourth-order valence-electron chi connectivity index (χ4n) is 4.56. The molecule has 1 aliphatic rings. The molecule has 1 saturated heterocycles. The number of ketones is 1. The summed E-state index contributed by atoms with van der Waals surface area (Å²) in [4.78, 5) is 28.7. The van der Waals surface area contributed by atoms with E-state index in [-0.39, 0.29) is 17.7 Å². The summed E-state index contributed by atoms with van der Waals surface area (Å²) in [6.07, 6.45) is 1.43. The molecule has 1 fully saturated rings. The normalized spacial score (nSPS) is 18.4. The minimum atomic E-state index is -0.479. The minimum Gasteiger partial charge on any atom is -0.328 e. The Morgan fingerprint density at radius 1 is 0.875 bits per heavy atom. The van der Waals surface area contributed by atoms with Gasteiger partial charge in [-0.05, 0) is 44.4 Å². The lowest BCUT2D eigenvalue weighted by molar-refractivity contribution is 0.0513. The number of carbonyl (C=O) groups excluding carboxylic acids is 2. The third-order valence-electron chi connectivity index (χ3n) is 6.13. The van der Waals surface area contributed by atoms with Gasteiger partial charge in [-0.15, -0.1) is 0 Å². The summed E-state index contributed by atoms with van der Waals surface area (Å²) in [5.41, 5.74) is 4.63. The van der Waals surface area contributed by atoms with Crippen LogP contribution in [0.25, 0.3) is 0 Å². The van der Waals surface area contributed by atoms with Crippen LogP contribution in [0.1, 0.15) is 50.2 Å². The van der Waals surface area contributed by atoms with Crippen LogP contribution < -0.4 is 5.32 Å². The van der Waals surface area contributed by atoms with E-state index in [9.17, 15) is 9.59 Å². The van der Waals surface area contributed by atoms with Crippen molar-refractivity contribution in [3.63, 3.8) is 0 Å². The maximum absolute atomic E-state index is 13.5. The van der Waals surface area contributed by atoms with Gasteiger partial charge in [0.1, 0.15) is 0 Å². The van der Waals surface area contributed by atoms with Gasteiger partial charge in [-0.1, -0.05) is 77.9 Å². The van der Waals surface area contributed by atoms with E-state index in [0.717, 1.165) is 24.1 Å². The fourth-order valence-corrected chi connectivity index (χ4v) is 4.56. The van der Waals surface area contributed by atoms with Crippen molar-refractivity contribution in [3.8, 4) is 0 Å². The first-order valence-electron chi connectivity index (χ1n) is 11.3. The Kier molecular flexibility index (Phi) is 6.81. The van der Waals surface area contributed by atoms with Crippen LogP contribution in [-0.4, -0.2) is 35.2 Å². The van der Waals surface area contributed by atoms with Crippen LogP contribution in [-0.2, 0) is 6.54 Å². The molecule has 0 saturated carbocycles. The van der Waals surface area contributed by atoms with E-state index in [2.05, 4.69) is 23.5 Å². The van der Waals surface area contributed by atoms with Gasteiger partial charge in [-0.25, -0.2) is 0 Å². The Labute approximate surface area is 190 Å². The molecule has 0 unspecified atom stereocenters. The van der Waals surface area contributed by atoms with E-state index < -0.39 is 6.04 Å². The van der Waals surface area contributed by atoms with Crippen molar-refractivity contribution < 1.29 is 9.59 Å². The molecular formula is C28H30N2O2. The zero-order chi connectivity index (χ0) is 22.5. The molecule has 0 radical (unpaired) electrons. The molecule has 1 aliphatic heterocycles. The van der Waals surface area contributed by atoms with Crippen LogP contribution in [0.3, 0.4) is 0 Å². The first-order valence-corrected chi connectivity index (χ1v) is 11.3. The average Bonchev–Trinajstić information content (AvgIpc) is 2.82. The van der Waals surface area contributed by atoms with Crippen LogP contribution in [0.4, 0.5) is 0 Å². The largest absolute Gasteiger partial charge is 0.328 e. The van der Waals surface area contributed by atoms with Gasteiger partial charge in [0.05, 0.1) is 6.04 Å². The van der Waals surface area contributed by atoms with E-state index in [1.54, 1.807) is 4.90 Å². The number of nitrogens with one attached hydrogen (secondary N) is 1. The Morgan fingerprint density at radius 2 is 1.50 bits per heavy atom. The SMILES string of the molecule is Cc1cc(C)cc(C(=O)N2CC[C@H](NCc3ccccc3)C[C@H]2C(=O)c2ccccc2)c1. The van der Waals surface area contributed by atoms with E-state index >= 15 is 0 Å². The number of benzene rings is 3. The molecule has 1 heterocycles. The van der Waals surface area contributed by atoms with Crippen molar-refractivity contribution in [1.82, 2.24) is 10.2 Å². The summed E-state index contributed by atoms with van der Waals surface area (Å²) >= 11 is 0. The molecule has 4 rings (SSSR count). The molecule has 3 aromatic carbocycles. The van der Waals surface area contributed by atoms with Crippen molar-refractivity contribution in [2.75, 3.05) is 6.54 Å². The maximum Gasteiger partial charge on any atom is 0.254 e. The molecule has 4 nitrogen and oxygen atoms in total. The molecular weight excluding hydrogens is 396 g/mol. The third-order valence-corrected chi connectivity index (χ3v) is 6.13. The number of Topliss-reactive ketones (excluding diaryl/α,β-unsaturated/α-hetero) is 1. The van der Waals surface area contributed by atoms with E-state index in [4.69, 9.17) is 0 Å². The van der Waals surface area contributed by atoms with Gasteiger partial charge in [-0.2, -0.15) is 0 Å². The lowest BCUT2D eigenvalue weighted by Crippen LogP contribution is -2.54. The summed E-state index contributed by atoms with van der Waals surface area (Å²) < 4.78 is 0. The second-order valence-electron chi connectivity index (χ2n) is 8.71. The fraction of sp³-hybridized carbons (Fsp3) is 0.286. The van der Waals surface area contributed by atoms with E-state index in [0.29, 0.717) is 24.1 Å². The highest BCUT2D eigenvalue weighted by molar-refractivity contribution is 6.04. The van der Waals surface area contributed by atoms with Crippen molar-refractivity contribution in [1.29, 1.82) is 0 Å². The van der Waals surface area contributed by atoms with Crippen LogP contribution >= 0.6 is 0 Å². The van der Waals surface area contributed by atoms with Crippen molar-refractivity contribution >= 4 is 11.7 Å². The molecule has 0 bridgehead atoms. The molecule has 1 N–H and O–H groups in total. The molecule has 164 valence electrons. The Balaban J connectivity index is 1.56. The highest BCUT2D eigenvalue weighted by atomic mass is 16.2. The second-order valence-corrected chi connectivity index (χ2v) is 8.71.